The molecule has 0 aromatic heterocycles. The largest absolute Gasteiger partial charge is 0.484 e. The maximum Gasteiger partial charge on any atom is 0.261 e. The van der Waals surface area contributed by atoms with Crippen molar-refractivity contribution in [1.82, 2.24) is 10.2 Å². The third kappa shape index (κ3) is 6.01. The summed E-state index contributed by atoms with van der Waals surface area (Å²) < 4.78 is 6.70. The zero-order chi connectivity index (χ0) is 18.9. The van der Waals surface area contributed by atoms with Crippen LogP contribution in [-0.2, 0) is 16.1 Å². The van der Waals surface area contributed by atoms with Crippen LogP contribution in [0.2, 0.25) is 0 Å². The van der Waals surface area contributed by atoms with E-state index in [0.717, 1.165) is 9.13 Å². The third-order valence-corrected chi connectivity index (χ3v) is 4.61. The smallest absolute Gasteiger partial charge is 0.261 e. The lowest BCUT2D eigenvalue weighted by Crippen LogP contribution is -2.49. The lowest BCUT2D eigenvalue weighted by atomic mass is 10.1. The van der Waals surface area contributed by atoms with E-state index in [1.54, 1.807) is 11.8 Å². The fourth-order valence-corrected chi connectivity index (χ4v) is 2.80. The van der Waals surface area contributed by atoms with E-state index < -0.39 is 6.04 Å². The molecule has 0 aliphatic rings. The van der Waals surface area contributed by atoms with Gasteiger partial charge in [0.1, 0.15) is 11.8 Å². The van der Waals surface area contributed by atoms with Gasteiger partial charge in [0.2, 0.25) is 5.91 Å². The van der Waals surface area contributed by atoms with E-state index in [4.69, 9.17) is 4.74 Å². The SMILES string of the molecule is CCNC(=O)C(C)N(Cc1ccccc1)C(=O)COc1ccc(I)cc1. The lowest BCUT2D eigenvalue weighted by Gasteiger charge is -2.28. The molecule has 5 nitrogen and oxygen atoms in total. The second-order valence-corrected chi connectivity index (χ2v) is 7.07. The number of carbonyl (C=O) groups excluding carboxylic acids is 2. The van der Waals surface area contributed by atoms with Crippen molar-refractivity contribution in [3.63, 3.8) is 0 Å². The molecule has 0 heterocycles. The Labute approximate surface area is 167 Å². The Morgan fingerprint density at radius 3 is 2.38 bits per heavy atom. The zero-order valence-corrected chi connectivity index (χ0v) is 17.1. The minimum absolute atomic E-state index is 0.114. The molecule has 2 amide bonds. The molecular formula is C20H23IN2O3. The molecule has 1 unspecified atom stereocenters. The van der Waals surface area contributed by atoms with Gasteiger partial charge >= 0.3 is 0 Å². The summed E-state index contributed by atoms with van der Waals surface area (Å²) in [6.07, 6.45) is 0. The predicted molar refractivity (Wildman–Crippen MR) is 110 cm³/mol. The van der Waals surface area contributed by atoms with Crippen LogP contribution in [-0.4, -0.2) is 35.9 Å². The molecule has 0 radical (unpaired) electrons. The fourth-order valence-electron chi connectivity index (χ4n) is 2.44. The van der Waals surface area contributed by atoms with Crippen molar-refractivity contribution in [3.8, 4) is 5.75 Å². The van der Waals surface area contributed by atoms with Gasteiger partial charge in [-0.25, -0.2) is 0 Å². The number of benzene rings is 2. The number of halogens is 1. The highest BCUT2D eigenvalue weighted by Gasteiger charge is 2.26. The van der Waals surface area contributed by atoms with E-state index in [0.29, 0.717) is 18.8 Å². The summed E-state index contributed by atoms with van der Waals surface area (Å²) in [5, 5.41) is 2.77. The molecule has 0 aliphatic heterocycles. The second-order valence-electron chi connectivity index (χ2n) is 5.82. The molecule has 2 aromatic rings. The lowest BCUT2D eigenvalue weighted by molar-refractivity contribution is -0.142. The summed E-state index contributed by atoms with van der Waals surface area (Å²) in [5.74, 6) is 0.223. The highest BCUT2D eigenvalue weighted by Crippen LogP contribution is 2.15. The maximum absolute atomic E-state index is 12.8. The first-order valence-corrected chi connectivity index (χ1v) is 9.58. The van der Waals surface area contributed by atoms with Crippen molar-refractivity contribution in [3.05, 3.63) is 63.7 Å². The normalized spacial score (nSPS) is 11.5. The summed E-state index contributed by atoms with van der Waals surface area (Å²) in [4.78, 5) is 26.6. The van der Waals surface area contributed by atoms with Gasteiger partial charge in [0.25, 0.3) is 5.91 Å². The number of likely N-dealkylation sites (N-methyl/N-ethyl adjacent to an activating group) is 1. The number of carbonyl (C=O) groups is 2. The van der Waals surface area contributed by atoms with Gasteiger partial charge in [-0.3, -0.25) is 9.59 Å². The molecule has 26 heavy (non-hydrogen) atoms. The Balaban J connectivity index is 2.09. The minimum Gasteiger partial charge on any atom is -0.484 e. The number of nitrogens with zero attached hydrogens (tertiary/aromatic N) is 1. The van der Waals surface area contributed by atoms with Gasteiger partial charge in [-0.15, -0.1) is 0 Å². The molecular weight excluding hydrogens is 443 g/mol. The van der Waals surface area contributed by atoms with Crippen molar-refractivity contribution in [2.45, 2.75) is 26.4 Å². The molecule has 0 saturated carbocycles. The van der Waals surface area contributed by atoms with Gasteiger partial charge in [-0.2, -0.15) is 0 Å². The number of hydrogen-bond acceptors (Lipinski definition) is 3. The number of nitrogens with one attached hydrogen (secondary N) is 1. The molecule has 138 valence electrons. The van der Waals surface area contributed by atoms with Crippen LogP contribution < -0.4 is 10.1 Å². The summed E-state index contributed by atoms with van der Waals surface area (Å²) in [5.41, 5.74) is 0.964. The van der Waals surface area contributed by atoms with Crippen molar-refractivity contribution in [2.75, 3.05) is 13.2 Å². The van der Waals surface area contributed by atoms with E-state index in [9.17, 15) is 9.59 Å². The molecule has 1 N–H and O–H groups in total. The van der Waals surface area contributed by atoms with E-state index in [2.05, 4.69) is 27.9 Å². The molecule has 0 spiro atoms. The third-order valence-electron chi connectivity index (χ3n) is 3.89. The Morgan fingerprint density at radius 2 is 1.77 bits per heavy atom. The van der Waals surface area contributed by atoms with E-state index in [-0.39, 0.29) is 18.4 Å². The first kappa shape index (κ1) is 20.2. The van der Waals surface area contributed by atoms with Crippen LogP contribution in [0.15, 0.2) is 54.6 Å². The molecule has 1 atom stereocenters. The van der Waals surface area contributed by atoms with Crippen LogP contribution in [0, 0.1) is 3.57 Å². The van der Waals surface area contributed by atoms with Gasteiger partial charge < -0.3 is 15.0 Å². The van der Waals surface area contributed by atoms with Crippen molar-refractivity contribution >= 4 is 34.4 Å². The molecule has 0 aliphatic carbocycles. The average molecular weight is 466 g/mol. The first-order chi connectivity index (χ1) is 12.5. The summed E-state index contributed by atoms with van der Waals surface area (Å²) in [6.45, 7) is 4.35. The fraction of sp³-hybridized carbons (Fsp3) is 0.300. The number of amides is 2. The molecule has 6 heteroatoms. The minimum atomic E-state index is -0.581. The van der Waals surface area contributed by atoms with Gasteiger partial charge in [-0.1, -0.05) is 30.3 Å². The van der Waals surface area contributed by atoms with Crippen LogP contribution in [0.3, 0.4) is 0 Å². The predicted octanol–water partition coefficient (Wildman–Crippen LogP) is 3.22. The van der Waals surface area contributed by atoms with Crippen molar-refractivity contribution < 1.29 is 14.3 Å². The van der Waals surface area contributed by atoms with Crippen LogP contribution >= 0.6 is 22.6 Å². The summed E-state index contributed by atoms with van der Waals surface area (Å²) in [7, 11) is 0. The standard InChI is InChI=1S/C20H23IN2O3/c1-3-22-20(25)15(2)23(13-16-7-5-4-6-8-16)19(24)14-26-18-11-9-17(21)10-12-18/h4-12,15H,3,13-14H2,1-2H3,(H,22,25). The monoisotopic (exact) mass is 466 g/mol. The zero-order valence-electron chi connectivity index (χ0n) is 14.9. The topological polar surface area (TPSA) is 58.6 Å². The van der Waals surface area contributed by atoms with E-state index in [1.807, 2.05) is 61.5 Å². The van der Waals surface area contributed by atoms with Gasteiger partial charge in [0.05, 0.1) is 0 Å². The molecule has 0 fully saturated rings. The summed E-state index contributed by atoms with van der Waals surface area (Å²) in [6, 6.07) is 16.5. The molecule has 2 rings (SSSR count). The van der Waals surface area contributed by atoms with Crippen LogP contribution in [0.4, 0.5) is 0 Å². The Hall–Kier alpha value is -2.09. The number of rotatable bonds is 8. The summed E-state index contributed by atoms with van der Waals surface area (Å²) >= 11 is 2.21. The Morgan fingerprint density at radius 1 is 1.12 bits per heavy atom. The van der Waals surface area contributed by atoms with Gasteiger partial charge in [-0.05, 0) is 66.3 Å². The highest BCUT2D eigenvalue weighted by molar-refractivity contribution is 14.1. The van der Waals surface area contributed by atoms with E-state index >= 15 is 0 Å². The quantitative estimate of drug-likeness (QED) is 0.608. The van der Waals surface area contributed by atoms with Crippen LogP contribution in [0.1, 0.15) is 19.4 Å². The van der Waals surface area contributed by atoms with Crippen LogP contribution in [0.25, 0.3) is 0 Å². The molecule has 0 bridgehead atoms. The molecule has 2 aromatic carbocycles. The van der Waals surface area contributed by atoms with Crippen molar-refractivity contribution in [1.29, 1.82) is 0 Å². The Kier molecular flexibility index (Phi) is 7.90. The Bertz CT molecular complexity index is 720. The van der Waals surface area contributed by atoms with Gasteiger partial charge in [0.15, 0.2) is 6.61 Å². The molecule has 0 saturated heterocycles. The highest BCUT2D eigenvalue weighted by atomic mass is 127. The second kappa shape index (κ2) is 10.2. The average Bonchev–Trinajstić information content (AvgIpc) is 2.66. The van der Waals surface area contributed by atoms with Gasteiger partial charge in [0, 0.05) is 16.7 Å². The number of ether oxygens (including phenoxy) is 1. The van der Waals surface area contributed by atoms with Crippen molar-refractivity contribution in [2.24, 2.45) is 0 Å². The van der Waals surface area contributed by atoms with E-state index in [1.165, 1.54) is 0 Å². The number of hydrogen-bond donors (Lipinski definition) is 1. The van der Waals surface area contributed by atoms with Crippen LogP contribution in [0.5, 0.6) is 5.75 Å². The maximum atomic E-state index is 12.8. The first-order valence-electron chi connectivity index (χ1n) is 8.50.